The molecule has 0 aromatic carbocycles. The van der Waals surface area contributed by atoms with Crippen molar-refractivity contribution in [2.24, 2.45) is 5.73 Å². The van der Waals surface area contributed by atoms with Crippen molar-refractivity contribution in [1.82, 2.24) is 20.1 Å². The van der Waals surface area contributed by atoms with Gasteiger partial charge in [0.1, 0.15) is 11.9 Å². The van der Waals surface area contributed by atoms with Gasteiger partial charge in [0.2, 0.25) is 0 Å². The molecule has 1 unspecified atom stereocenters. The van der Waals surface area contributed by atoms with Gasteiger partial charge >= 0.3 is 0 Å². The SMILES string of the molecule is CC(C)OCC(C)(N)c1noc(-c2cncnc2)n1. The summed E-state index contributed by atoms with van der Waals surface area (Å²) in [6.45, 7) is 6.00. The van der Waals surface area contributed by atoms with Crippen molar-refractivity contribution in [2.45, 2.75) is 32.4 Å². The number of ether oxygens (including phenoxy) is 1. The zero-order chi connectivity index (χ0) is 13.9. The van der Waals surface area contributed by atoms with Crippen LogP contribution in [0.1, 0.15) is 26.6 Å². The minimum atomic E-state index is -0.804. The molecule has 1 atom stereocenters. The van der Waals surface area contributed by atoms with Crippen LogP contribution in [0.25, 0.3) is 11.5 Å². The van der Waals surface area contributed by atoms with Gasteiger partial charge in [-0.1, -0.05) is 5.16 Å². The van der Waals surface area contributed by atoms with Crippen LogP contribution in [-0.2, 0) is 10.3 Å². The van der Waals surface area contributed by atoms with Gasteiger partial charge in [0.05, 0.1) is 18.3 Å². The van der Waals surface area contributed by atoms with E-state index < -0.39 is 5.54 Å². The Morgan fingerprint density at radius 2 is 2.05 bits per heavy atom. The number of nitrogens with zero attached hydrogens (tertiary/aromatic N) is 4. The molecular weight excluding hydrogens is 246 g/mol. The Balaban J connectivity index is 2.16. The molecule has 102 valence electrons. The second kappa shape index (κ2) is 5.41. The van der Waals surface area contributed by atoms with Crippen molar-refractivity contribution in [3.8, 4) is 11.5 Å². The van der Waals surface area contributed by atoms with Crippen LogP contribution in [0.15, 0.2) is 23.2 Å². The van der Waals surface area contributed by atoms with Crippen molar-refractivity contribution in [2.75, 3.05) is 6.61 Å². The van der Waals surface area contributed by atoms with Crippen LogP contribution in [0.3, 0.4) is 0 Å². The summed E-state index contributed by atoms with van der Waals surface area (Å²) in [7, 11) is 0. The molecule has 0 bridgehead atoms. The van der Waals surface area contributed by atoms with E-state index in [1.54, 1.807) is 19.3 Å². The lowest BCUT2D eigenvalue weighted by atomic mass is 10.1. The molecule has 7 heteroatoms. The van der Waals surface area contributed by atoms with E-state index in [1.807, 2.05) is 13.8 Å². The number of rotatable bonds is 5. The molecule has 0 saturated heterocycles. The van der Waals surface area contributed by atoms with E-state index in [4.69, 9.17) is 15.0 Å². The lowest BCUT2D eigenvalue weighted by Crippen LogP contribution is -2.40. The zero-order valence-corrected chi connectivity index (χ0v) is 11.2. The normalized spacial score (nSPS) is 14.6. The summed E-state index contributed by atoms with van der Waals surface area (Å²) in [4.78, 5) is 12.1. The minimum absolute atomic E-state index is 0.0942. The van der Waals surface area contributed by atoms with E-state index in [0.29, 0.717) is 23.9 Å². The summed E-state index contributed by atoms with van der Waals surface area (Å²) in [5.41, 5.74) is 5.99. The molecule has 0 radical (unpaired) electrons. The van der Waals surface area contributed by atoms with E-state index >= 15 is 0 Å². The van der Waals surface area contributed by atoms with E-state index in [-0.39, 0.29) is 6.10 Å². The predicted molar refractivity (Wildman–Crippen MR) is 68.0 cm³/mol. The summed E-state index contributed by atoms with van der Waals surface area (Å²) in [6.07, 6.45) is 4.73. The van der Waals surface area contributed by atoms with E-state index in [1.165, 1.54) is 6.33 Å². The molecule has 0 aliphatic carbocycles. The van der Waals surface area contributed by atoms with Crippen LogP contribution in [0.2, 0.25) is 0 Å². The molecular formula is C12H17N5O2. The summed E-state index contributed by atoms with van der Waals surface area (Å²) in [5.74, 6) is 0.740. The first-order valence-corrected chi connectivity index (χ1v) is 5.99. The highest BCUT2D eigenvalue weighted by Crippen LogP contribution is 2.20. The Morgan fingerprint density at radius 1 is 1.37 bits per heavy atom. The van der Waals surface area contributed by atoms with Gasteiger partial charge in [0.15, 0.2) is 5.82 Å². The molecule has 0 amide bonds. The summed E-state index contributed by atoms with van der Waals surface area (Å²) in [5, 5.41) is 3.90. The summed E-state index contributed by atoms with van der Waals surface area (Å²) in [6, 6.07) is 0. The average molecular weight is 263 g/mol. The second-order valence-corrected chi connectivity index (χ2v) is 4.83. The van der Waals surface area contributed by atoms with Crippen LogP contribution in [0, 0.1) is 0 Å². The predicted octanol–water partition coefficient (Wildman–Crippen LogP) is 1.13. The molecule has 2 heterocycles. The van der Waals surface area contributed by atoms with Gasteiger partial charge in [-0.05, 0) is 20.8 Å². The van der Waals surface area contributed by atoms with Gasteiger partial charge in [-0.3, -0.25) is 0 Å². The highest BCUT2D eigenvalue weighted by molar-refractivity contribution is 5.48. The Morgan fingerprint density at radius 3 is 2.68 bits per heavy atom. The first-order valence-electron chi connectivity index (χ1n) is 5.99. The largest absolute Gasteiger partial charge is 0.376 e. The van der Waals surface area contributed by atoms with Crippen LogP contribution in [0.5, 0.6) is 0 Å². The molecule has 0 aliphatic heterocycles. The molecule has 2 N–H and O–H groups in total. The molecule has 7 nitrogen and oxygen atoms in total. The van der Waals surface area contributed by atoms with E-state index in [9.17, 15) is 0 Å². The second-order valence-electron chi connectivity index (χ2n) is 4.83. The zero-order valence-electron chi connectivity index (χ0n) is 11.2. The third kappa shape index (κ3) is 3.33. The monoisotopic (exact) mass is 263 g/mol. The maximum absolute atomic E-state index is 6.14. The molecule has 19 heavy (non-hydrogen) atoms. The number of hydrogen-bond donors (Lipinski definition) is 1. The van der Waals surface area contributed by atoms with Gasteiger partial charge in [-0.25, -0.2) is 9.97 Å². The standard InChI is InChI=1S/C12H17N5O2/c1-8(2)18-6-12(3,13)11-16-10(19-17-11)9-4-14-7-15-5-9/h4-5,7-8H,6,13H2,1-3H3. The first kappa shape index (κ1) is 13.6. The van der Waals surface area contributed by atoms with Crippen LogP contribution >= 0.6 is 0 Å². The van der Waals surface area contributed by atoms with Crippen LogP contribution in [0.4, 0.5) is 0 Å². The van der Waals surface area contributed by atoms with Crippen molar-refractivity contribution < 1.29 is 9.26 Å². The smallest absolute Gasteiger partial charge is 0.261 e. The molecule has 0 aliphatic rings. The molecule has 2 aromatic rings. The topological polar surface area (TPSA) is 100.0 Å². The average Bonchev–Trinajstić information content (AvgIpc) is 2.88. The maximum atomic E-state index is 6.14. The maximum Gasteiger partial charge on any atom is 0.261 e. The number of aromatic nitrogens is 4. The van der Waals surface area contributed by atoms with Crippen LogP contribution in [-0.4, -0.2) is 32.8 Å². The Hall–Kier alpha value is -1.86. The van der Waals surface area contributed by atoms with Gasteiger partial charge < -0.3 is 15.0 Å². The Labute approximate surface area is 111 Å². The lowest BCUT2D eigenvalue weighted by molar-refractivity contribution is 0.0410. The van der Waals surface area contributed by atoms with Gasteiger partial charge in [-0.15, -0.1) is 0 Å². The summed E-state index contributed by atoms with van der Waals surface area (Å²) < 4.78 is 10.7. The van der Waals surface area contributed by atoms with Gasteiger partial charge in [0, 0.05) is 12.4 Å². The van der Waals surface area contributed by atoms with Crippen molar-refractivity contribution >= 4 is 0 Å². The fraction of sp³-hybridized carbons (Fsp3) is 0.500. The Kier molecular flexibility index (Phi) is 3.87. The van der Waals surface area contributed by atoms with Crippen LogP contribution < -0.4 is 5.73 Å². The highest BCUT2D eigenvalue weighted by atomic mass is 16.5. The van der Waals surface area contributed by atoms with Crippen molar-refractivity contribution in [1.29, 1.82) is 0 Å². The van der Waals surface area contributed by atoms with E-state index in [2.05, 4.69) is 20.1 Å². The molecule has 2 aromatic heterocycles. The summed E-state index contributed by atoms with van der Waals surface area (Å²) >= 11 is 0. The number of nitrogens with two attached hydrogens (primary N) is 1. The third-order valence-corrected chi connectivity index (χ3v) is 2.46. The molecule has 0 spiro atoms. The van der Waals surface area contributed by atoms with Crippen molar-refractivity contribution in [3.63, 3.8) is 0 Å². The third-order valence-electron chi connectivity index (χ3n) is 2.46. The molecule has 2 rings (SSSR count). The lowest BCUT2D eigenvalue weighted by Gasteiger charge is -2.21. The highest BCUT2D eigenvalue weighted by Gasteiger charge is 2.28. The fourth-order valence-electron chi connectivity index (χ4n) is 1.39. The molecule has 0 fully saturated rings. The van der Waals surface area contributed by atoms with Gasteiger partial charge in [0.25, 0.3) is 5.89 Å². The quantitative estimate of drug-likeness (QED) is 0.862. The van der Waals surface area contributed by atoms with E-state index in [0.717, 1.165) is 0 Å². The fourth-order valence-corrected chi connectivity index (χ4v) is 1.39. The number of hydrogen-bond acceptors (Lipinski definition) is 7. The molecule has 0 saturated carbocycles. The minimum Gasteiger partial charge on any atom is -0.376 e. The first-order chi connectivity index (χ1) is 8.99. The van der Waals surface area contributed by atoms with Crippen molar-refractivity contribution in [3.05, 3.63) is 24.5 Å². The van der Waals surface area contributed by atoms with Gasteiger partial charge in [-0.2, -0.15) is 4.98 Å². The Bertz CT molecular complexity index is 524.